The van der Waals surface area contributed by atoms with Crippen LogP contribution in [0.25, 0.3) is 0 Å². The van der Waals surface area contributed by atoms with Crippen molar-refractivity contribution in [1.29, 1.82) is 0 Å². The first kappa shape index (κ1) is 10.3. The number of rotatable bonds is 3. The number of likely N-dealkylation sites (N-methyl/N-ethyl adjacent to an activating group) is 2. The molecule has 0 aromatic rings. The van der Waals surface area contributed by atoms with Gasteiger partial charge in [-0.2, -0.15) is 0 Å². The summed E-state index contributed by atoms with van der Waals surface area (Å²) in [4.78, 5) is 12.8. The zero-order valence-electron chi connectivity index (χ0n) is 8.46. The van der Waals surface area contributed by atoms with E-state index in [9.17, 15) is 4.79 Å². The molecule has 1 rings (SSSR count). The Hall–Kier alpha value is -0.810. The van der Waals surface area contributed by atoms with E-state index in [1.54, 1.807) is 11.9 Å². The molecule has 2 atom stereocenters. The molecule has 0 aromatic heterocycles. The van der Waals surface area contributed by atoms with E-state index in [0.29, 0.717) is 6.42 Å². The molecule has 2 unspecified atom stereocenters. The summed E-state index contributed by atoms with van der Waals surface area (Å²) in [5.41, 5.74) is 0. The summed E-state index contributed by atoms with van der Waals surface area (Å²) in [7, 11) is 5.41. The van der Waals surface area contributed by atoms with Gasteiger partial charge in [-0.3, -0.25) is 10.2 Å². The van der Waals surface area contributed by atoms with E-state index in [1.165, 1.54) is 0 Å². The molecule has 1 fully saturated rings. The van der Waals surface area contributed by atoms with Crippen molar-refractivity contribution in [2.45, 2.75) is 25.3 Å². The Morgan fingerprint density at radius 3 is 2.54 bits per heavy atom. The van der Waals surface area contributed by atoms with E-state index in [1.807, 2.05) is 21.0 Å². The molecule has 0 radical (unpaired) electrons. The fraction of sp³-hybridized carbons (Fsp3) is 0.875. The maximum atomic E-state index is 11.0. The molecule has 0 amide bonds. The standard InChI is InChI=1S/C8H16N2O3/c1-5-6-8(9-2,10(3)4)13-7(11)12-6/h6,9H,5H2,1-4H3. The Labute approximate surface area is 78.0 Å². The van der Waals surface area contributed by atoms with Crippen LogP contribution in [0.3, 0.4) is 0 Å². The lowest BCUT2D eigenvalue weighted by Crippen LogP contribution is -2.61. The Kier molecular flexibility index (Phi) is 2.77. The molecule has 1 N–H and O–H groups in total. The summed E-state index contributed by atoms with van der Waals surface area (Å²) < 4.78 is 10.1. The van der Waals surface area contributed by atoms with Crippen LogP contribution in [0.2, 0.25) is 0 Å². The molecular formula is C8H16N2O3. The summed E-state index contributed by atoms with van der Waals surface area (Å²) in [6.45, 7) is 1.95. The van der Waals surface area contributed by atoms with Gasteiger partial charge in [-0.15, -0.1) is 0 Å². The number of hydrogen-bond acceptors (Lipinski definition) is 5. The van der Waals surface area contributed by atoms with Crippen molar-refractivity contribution in [1.82, 2.24) is 10.2 Å². The van der Waals surface area contributed by atoms with Crippen molar-refractivity contribution >= 4 is 6.16 Å². The van der Waals surface area contributed by atoms with Gasteiger partial charge in [0.05, 0.1) is 0 Å². The third-order valence-electron chi connectivity index (χ3n) is 2.31. The van der Waals surface area contributed by atoms with Crippen molar-refractivity contribution in [3.05, 3.63) is 0 Å². The van der Waals surface area contributed by atoms with Crippen LogP contribution in [-0.2, 0) is 9.47 Å². The molecule has 1 aliphatic heterocycles. The summed E-state index contributed by atoms with van der Waals surface area (Å²) in [6.07, 6.45) is -0.167. The minimum absolute atomic E-state index is 0.264. The molecule has 1 aliphatic rings. The van der Waals surface area contributed by atoms with Crippen molar-refractivity contribution in [3.8, 4) is 0 Å². The highest BCUT2D eigenvalue weighted by atomic mass is 16.8. The molecule has 0 aromatic carbocycles. The highest BCUT2D eigenvalue weighted by Crippen LogP contribution is 2.28. The Balaban J connectivity index is 2.89. The number of ether oxygens (including phenoxy) is 2. The zero-order chi connectivity index (χ0) is 10.1. The van der Waals surface area contributed by atoms with Crippen LogP contribution in [-0.4, -0.2) is 44.2 Å². The minimum atomic E-state index is -0.814. The van der Waals surface area contributed by atoms with Crippen molar-refractivity contribution in [2.75, 3.05) is 21.1 Å². The first-order chi connectivity index (χ1) is 6.06. The number of carbonyl (C=O) groups is 1. The van der Waals surface area contributed by atoms with Gasteiger partial charge < -0.3 is 9.47 Å². The van der Waals surface area contributed by atoms with Crippen molar-refractivity contribution in [2.24, 2.45) is 0 Å². The number of carbonyl (C=O) groups excluding carboxylic acids is 1. The van der Waals surface area contributed by atoms with Gasteiger partial charge in [-0.05, 0) is 27.6 Å². The number of nitrogens with zero attached hydrogens (tertiary/aromatic N) is 1. The average Bonchev–Trinajstić information content (AvgIpc) is 2.42. The molecule has 13 heavy (non-hydrogen) atoms. The molecule has 76 valence electrons. The molecule has 5 heteroatoms. The maximum Gasteiger partial charge on any atom is 0.511 e. The van der Waals surface area contributed by atoms with Gasteiger partial charge in [-0.1, -0.05) is 6.92 Å². The van der Waals surface area contributed by atoms with Crippen LogP contribution < -0.4 is 5.32 Å². The van der Waals surface area contributed by atoms with Gasteiger partial charge in [0, 0.05) is 0 Å². The van der Waals surface area contributed by atoms with Gasteiger partial charge in [0.15, 0.2) is 6.10 Å². The second kappa shape index (κ2) is 3.51. The van der Waals surface area contributed by atoms with E-state index in [4.69, 9.17) is 9.47 Å². The molecular weight excluding hydrogens is 172 g/mol. The fourth-order valence-electron chi connectivity index (χ4n) is 1.59. The van der Waals surface area contributed by atoms with Gasteiger partial charge in [-0.25, -0.2) is 4.79 Å². The number of hydrogen-bond donors (Lipinski definition) is 1. The molecule has 1 saturated heterocycles. The highest BCUT2D eigenvalue weighted by Gasteiger charge is 2.51. The number of nitrogens with one attached hydrogen (secondary N) is 1. The Morgan fingerprint density at radius 1 is 1.62 bits per heavy atom. The van der Waals surface area contributed by atoms with Crippen LogP contribution in [0, 0.1) is 0 Å². The van der Waals surface area contributed by atoms with E-state index in [2.05, 4.69) is 5.32 Å². The smallest absolute Gasteiger partial charge is 0.423 e. The Bertz CT molecular complexity index is 208. The van der Waals surface area contributed by atoms with Crippen LogP contribution in [0.4, 0.5) is 4.79 Å². The largest absolute Gasteiger partial charge is 0.511 e. The monoisotopic (exact) mass is 188 g/mol. The minimum Gasteiger partial charge on any atom is -0.423 e. The molecule has 0 bridgehead atoms. The molecule has 0 aliphatic carbocycles. The van der Waals surface area contributed by atoms with E-state index < -0.39 is 12.0 Å². The third-order valence-corrected chi connectivity index (χ3v) is 2.31. The summed E-state index contributed by atoms with van der Waals surface area (Å²) in [5.74, 6) is -0.814. The summed E-state index contributed by atoms with van der Waals surface area (Å²) in [6, 6.07) is 0. The highest BCUT2D eigenvalue weighted by molar-refractivity contribution is 5.63. The lowest BCUT2D eigenvalue weighted by molar-refractivity contribution is -0.109. The van der Waals surface area contributed by atoms with Gasteiger partial charge >= 0.3 is 6.16 Å². The van der Waals surface area contributed by atoms with Gasteiger partial charge in [0.1, 0.15) is 0 Å². The normalized spacial score (nSPS) is 33.3. The quantitative estimate of drug-likeness (QED) is 0.512. The lowest BCUT2D eigenvalue weighted by Gasteiger charge is -2.35. The first-order valence-corrected chi connectivity index (χ1v) is 4.32. The molecule has 0 saturated carbocycles. The average molecular weight is 188 g/mol. The Morgan fingerprint density at radius 2 is 2.23 bits per heavy atom. The van der Waals surface area contributed by atoms with Crippen LogP contribution in [0.5, 0.6) is 0 Å². The zero-order valence-corrected chi connectivity index (χ0v) is 8.46. The third kappa shape index (κ3) is 1.49. The van der Waals surface area contributed by atoms with Crippen LogP contribution in [0.1, 0.15) is 13.3 Å². The van der Waals surface area contributed by atoms with Crippen LogP contribution in [0.15, 0.2) is 0 Å². The molecule has 5 nitrogen and oxygen atoms in total. The van der Waals surface area contributed by atoms with Crippen LogP contribution >= 0.6 is 0 Å². The predicted octanol–water partition coefficient (Wildman–Crippen LogP) is 0.367. The summed E-state index contributed by atoms with van der Waals surface area (Å²) >= 11 is 0. The van der Waals surface area contributed by atoms with Crippen molar-refractivity contribution < 1.29 is 14.3 Å². The first-order valence-electron chi connectivity index (χ1n) is 4.32. The second-order valence-corrected chi connectivity index (χ2v) is 3.21. The topological polar surface area (TPSA) is 50.8 Å². The van der Waals surface area contributed by atoms with E-state index in [0.717, 1.165) is 0 Å². The SMILES string of the molecule is CCC1OC(=O)OC1(NC)N(C)C. The van der Waals surface area contributed by atoms with Gasteiger partial charge in [0.2, 0.25) is 0 Å². The van der Waals surface area contributed by atoms with E-state index >= 15 is 0 Å². The van der Waals surface area contributed by atoms with E-state index in [-0.39, 0.29) is 6.10 Å². The van der Waals surface area contributed by atoms with Gasteiger partial charge in [0.25, 0.3) is 5.85 Å². The fourth-order valence-corrected chi connectivity index (χ4v) is 1.59. The molecule has 0 spiro atoms. The van der Waals surface area contributed by atoms with Crippen molar-refractivity contribution in [3.63, 3.8) is 0 Å². The number of cyclic esters (lactones) is 2. The molecule has 1 heterocycles. The summed E-state index contributed by atoms with van der Waals surface area (Å²) in [5, 5.41) is 2.97. The lowest BCUT2D eigenvalue weighted by atomic mass is 10.1. The maximum absolute atomic E-state index is 11.0. The predicted molar refractivity (Wildman–Crippen MR) is 47.1 cm³/mol. The second-order valence-electron chi connectivity index (χ2n) is 3.21.